The van der Waals surface area contributed by atoms with Gasteiger partial charge in [-0.1, -0.05) is 26.0 Å². The van der Waals surface area contributed by atoms with Crippen LogP contribution in [0.3, 0.4) is 0 Å². The van der Waals surface area contributed by atoms with E-state index in [0.717, 1.165) is 12.1 Å². The first-order chi connectivity index (χ1) is 10.0. The van der Waals surface area contributed by atoms with Crippen LogP contribution in [0.1, 0.15) is 58.9 Å². The normalized spacial score (nSPS) is 20.9. The highest BCUT2D eigenvalue weighted by Crippen LogP contribution is 2.33. The van der Waals surface area contributed by atoms with Gasteiger partial charge in [0.05, 0.1) is 0 Å². The average Bonchev–Trinajstić information content (AvgIpc) is 2.89. The van der Waals surface area contributed by atoms with Crippen molar-refractivity contribution in [1.82, 2.24) is 0 Å². The number of anilines is 1. The lowest BCUT2D eigenvalue weighted by Crippen LogP contribution is -2.35. The monoisotopic (exact) mass is 290 g/mol. The second-order valence-electron chi connectivity index (χ2n) is 5.89. The standard InChI is InChI=1S/C15H24N2.C3H6O/c1-3-13-9-10-14(4-2)17(13)15-7-5-12(11-16)6-8-15;1-3(2)4/h5-8,13-14H,3-4,9-11,16H2,1-2H3;1-2H3. The zero-order chi connectivity index (χ0) is 15.8. The first kappa shape index (κ1) is 17.7. The highest BCUT2D eigenvalue weighted by molar-refractivity contribution is 5.72. The number of nitrogens with zero attached hydrogens (tertiary/aromatic N) is 1. The quantitative estimate of drug-likeness (QED) is 0.915. The van der Waals surface area contributed by atoms with Crippen LogP contribution in [0, 0.1) is 0 Å². The van der Waals surface area contributed by atoms with E-state index in [-0.39, 0.29) is 5.78 Å². The molecule has 0 bridgehead atoms. The molecule has 0 amide bonds. The molecule has 0 saturated carbocycles. The summed E-state index contributed by atoms with van der Waals surface area (Å²) in [4.78, 5) is 12.1. The summed E-state index contributed by atoms with van der Waals surface area (Å²) in [6.45, 7) is 8.28. The smallest absolute Gasteiger partial charge is 0.126 e. The molecule has 1 aliphatic heterocycles. The van der Waals surface area contributed by atoms with Gasteiger partial charge in [-0.15, -0.1) is 0 Å². The van der Waals surface area contributed by atoms with E-state index in [9.17, 15) is 4.79 Å². The van der Waals surface area contributed by atoms with Gasteiger partial charge >= 0.3 is 0 Å². The van der Waals surface area contributed by atoms with Crippen molar-refractivity contribution in [2.45, 2.75) is 72.0 Å². The summed E-state index contributed by atoms with van der Waals surface area (Å²) in [5.41, 5.74) is 8.24. The van der Waals surface area contributed by atoms with Gasteiger partial charge in [0.25, 0.3) is 0 Å². The van der Waals surface area contributed by atoms with Crippen molar-refractivity contribution >= 4 is 11.5 Å². The number of hydrogen-bond acceptors (Lipinski definition) is 3. The van der Waals surface area contributed by atoms with Crippen LogP contribution >= 0.6 is 0 Å². The summed E-state index contributed by atoms with van der Waals surface area (Å²) in [5.74, 6) is 0.167. The molecule has 118 valence electrons. The second-order valence-corrected chi connectivity index (χ2v) is 5.89. The highest BCUT2D eigenvalue weighted by Gasteiger charge is 2.30. The van der Waals surface area contributed by atoms with Crippen LogP contribution in [0.25, 0.3) is 0 Å². The van der Waals surface area contributed by atoms with Gasteiger partial charge in [0, 0.05) is 24.3 Å². The fourth-order valence-electron chi connectivity index (χ4n) is 2.99. The van der Waals surface area contributed by atoms with Crippen molar-refractivity contribution in [3.8, 4) is 0 Å². The van der Waals surface area contributed by atoms with Crippen molar-refractivity contribution < 1.29 is 4.79 Å². The lowest BCUT2D eigenvalue weighted by molar-refractivity contribution is -0.114. The van der Waals surface area contributed by atoms with Crippen LogP contribution in [0.2, 0.25) is 0 Å². The van der Waals surface area contributed by atoms with E-state index >= 15 is 0 Å². The van der Waals surface area contributed by atoms with E-state index in [1.54, 1.807) is 0 Å². The minimum absolute atomic E-state index is 0.167. The molecule has 2 rings (SSSR count). The second kappa shape index (κ2) is 8.83. The molecule has 1 aromatic carbocycles. The predicted octanol–water partition coefficient (Wildman–Crippen LogP) is 3.90. The Morgan fingerprint density at radius 2 is 1.52 bits per heavy atom. The number of benzene rings is 1. The van der Waals surface area contributed by atoms with Crippen LogP contribution in [-0.2, 0) is 11.3 Å². The lowest BCUT2D eigenvalue weighted by atomic mass is 10.1. The first-order valence-electron chi connectivity index (χ1n) is 8.07. The van der Waals surface area contributed by atoms with Gasteiger partial charge in [0.2, 0.25) is 0 Å². The number of carbonyl (C=O) groups excluding carboxylic acids is 1. The van der Waals surface area contributed by atoms with Gasteiger partial charge in [-0.05, 0) is 57.2 Å². The maximum absolute atomic E-state index is 9.44. The Morgan fingerprint density at radius 3 is 1.86 bits per heavy atom. The minimum atomic E-state index is 0.167. The Morgan fingerprint density at radius 1 is 1.10 bits per heavy atom. The zero-order valence-electron chi connectivity index (χ0n) is 13.9. The van der Waals surface area contributed by atoms with Gasteiger partial charge in [-0.3, -0.25) is 0 Å². The predicted molar refractivity (Wildman–Crippen MR) is 90.6 cm³/mol. The fourth-order valence-corrected chi connectivity index (χ4v) is 2.99. The molecule has 1 heterocycles. The first-order valence-corrected chi connectivity index (χ1v) is 8.07. The van der Waals surface area contributed by atoms with Crippen molar-refractivity contribution in [1.29, 1.82) is 0 Å². The maximum Gasteiger partial charge on any atom is 0.126 e. The molecule has 21 heavy (non-hydrogen) atoms. The van der Waals surface area contributed by atoms with E-state index in [1.807, 2.05) is 0 Å². The number of Topliss-reactive ketones (excluding diaryl/α,β-unsaturated/α-hetero) is 1. The van der Waals surface area contributed by atoms with Crippen LogP contribution < -0.4 is 10.6 Å². The summed E-state index contributed by atoms with van der Waals surface area (Å²) >= 11 is 0. The molecule has 1 saturated heterocycles. The van der Waals surface area contributed by atoms with E-state index in [0.29, 0.717) is 6.54 Å². The molecule has 2 N–H and O–H groups in total. The molecule has 3 heteroatoms. The molecule has 2 atom stereocenters. The van der Waals surface area contributed by atoms with Gasteiger partial charge in [-0.2, -0.15) is 0 Å². The number of ketones is 1. The molecule has 0 aliphatic carbocycles. The lowest BCUT2D eigenvalue weighted by Gasteiger charge is -2.32. The van der Waals surface area contributed by atoms with Gasteiger partial charge in [0.1, 0.15) is 5.78 Å². The van der Waals surface area contributed by atoms with Crippen LogP contribution in [0.4, 0.5) is 5.69 Å². The molecule has 2 unspecified atom stereocenters. The third-order valence-electron chi connectivity index (χ3n) is 4.03. The minimum Gasteiger partial charge on any atom is -0.366 e. The van der Waals surface area contributed by atoms with Crippen molar-refractivity contribution in [3.63, 3.8) is 0 Å². The average molecular weight is 290 g/mol. The highest BCUT2D eigenvalue weighted by atomic mass is 16.1. The molecule has 1 aliphatic rings. The molecule has 0 radical (unpaired) electrons. The van der Waals surface area contributed by atoms with E-state index in [4.69, 9.17) is 5.73 Å². The molecule has 0 spiro atoms. The van der Waals surface area contributed by atoms with Crippen molar-refractivity contribution in [2.75, 3.05) is 4.90 Å². The number of rotatable bonds is 4. The summed E-state index contributed by atoms with van der Waals surface area (Å²) in [6, 6.07) is 10.2. The molecule has 0 aromatic heterocycles. The van der Waals surface area contributed by atoms with Gasteiger partial charge < -0.3 is 15.4 Å². The summed E-state index contributed by atoms with van der Waals surface area (Å²) < 4.78 is 0. The number of nitrogens with two attached hydrogens (primary N) is 1. The Bertz CT molecular complexity index is 411. The fraction of sp³-hybridized carbons (Fsp3) is 0.611. The zero-order valence-corrected chi connectivity index (χ0v) is 13.9. The third kappa shape index (κ3) is 5.16. The largest absolute Gasteiger partial charge is 0.366 e. The Balaban J connectivity index is 0.000000491. The SMILES string of the molecule is CC(C)=O.CCC1CCC(CC)N1c1ccc(CN)cc1. The van der Waals surface area contributed by atoms with Crippen LogP contribution in [0.15, 0.2) is 24.3 Å². The topological polar surface area (TPSA) is 46.3 Å². The van der Waals surface area contributed by atoms with Crippen molar-refractivity contribution in [3.05, 3.63) is 29.8 Å². The van der Waals surface area contributed by atoms with Gasteiger partial charge in [0.15, 0.2) is 0 Å². The Hall–Kier alpha value is -1.35. The molecule has 3 nitrogen and oxygen atoms in total. The molecular weight excluding hydrogens is 260 g/mol. The molecule has 1 aromatic rings. The van der Waals surface area contributed by atoms with Gasteiger partial charge in [-0.25, -0.2) is 0 Å². The number of carbonyl (C=O) groups is 1. The van der Waals surface area contributed by atoms with Crippen molar-refractivity contribution in [2.24, 2.45) is 5.73 Å². The molecular formula is C18H30N2O. The maximum atomic E-state index is 9.44. The van der Waals surface area contributed by atoms with E-state index < -0.39 is 0 Å². The summed E-state index contributed by atoms with van der Waals surface area (Å²) in [5, 5.41) is 0. The van der Waals surface area contributed by atoms with E-state index in [2.05, 4.69) is 43.0 Å². The number of hydrogen-bond donors (Lipinski definition) is 1. The summed E-state index contributed by atoms with van der Waals surface area (Å²) in [6.07, 6.45) is 5.17. The molecule has 1 fully saturated rings. The van der Waals surface area contributed by atoms with E-state index in [1.165, 1.54) is 50.8 Å². The third-order valence-corrected chi connectivity index (χ3v) is 4.03. The Labute approximate surface area is 129 Å². The Kier molecular flexibility index (Phi) is 7.44. The summed E-state index contributed by atoms with van der Waals surface area (Å²) in [7, 11) is 0. The van der Waals surface area contributed by atoms with Crippen LogP contribution in [0.5, 0.6) is 0 Å². The van der Waals surface area contributed by atoms with Crippen LogP contribution in [-0.4, -0.2) is 17.9 Å².